The minimum Gasteiger partial charge on any atom is -0.465 e. The monoisotopic (exact) mass is 408 g/mol. The van der Waals surface area contributed by atoms with Crippen LogP contribution in [0, 0.1) is 18.3 Å². The highest BCUT2D eigenvalue weighted by molar-refractivity contribution is 9.11. The highest BCUT2D eigenvalue weighted by Gasteiger charge is 2.14. The number of benzene rings is 1. The molecule has 4 nitrogen and oxygen atoms in total. The van der Waals surface area contributed by atoms with Crippen molar-refractivity contribution in [1.29, 1.82) is 5.26 Å². The number of rotatable bonds is 3. The third-order valence-electron chi connectivity index (χ3n) is 2.62. The van der Waals surface area contributed by atoms with E-state index in [1.165, 1.54) is 12.3 Å². The molecule has 1 N–H and O–H groups in total. The van der Waals surface area contributed by atoms with Gasteiger partial charge in [0.25, 0.3) is 5.91 Å². The van der Waals surface area contributed by atoms with Crippen molar-refractivity contribution in [2.45, 2.75) is 6.92 Å². The topological polar surface area (TPSA) is 66.0 Å². The van der Waals surface area contributed by atoms with Crippen LogP contribution in [-0.4, -0.2) is 5.91 Å². The molecule has 0 aliphatic rings. The molecule has 0 fully saturated rings. The average molecular weight is 410 g/mol. The molecule has 1 heterocycles. The SMILES string of the molecule is Cc1cc(Br)c(NC(=O)/C(C#N)=C/c2ccco2)c(Br)c1. The van der Waals surface area contributed by atoms with Gasteiger partial charge < -0.3 is 9.73 Å². The molecule has 0 radical (unpaired) electrons. The number of hydrogen-bond donors (Lipinski definition) is 1. The number of hydrogen-bond acceptors (Lipinski definition) is 3. The van der Waals surface area contributed by atoms with E-state index >= 15 is 0 Å². The third kappa shape index (κ3) is 3.84. The van der Waals surface area contributed by atoms with Crippen LogP contribution in [0.15, 0.2) is 49.5 Å². The maximum absolute atomic E-state index is 12.2. The number of nitriles is 1. The number of carbonyl (C=O) groups is 1. The van der Waals surface area contributed by atoms with E-state index in [9.17, 15) is 4.79 Å². The van der Waals surface area contributed by atoms with E-state index in [4.69, 9.17) is 9.68 Å². The molecular weight excluding hydrogens is 400 g/mol. The lowest BCUT2D eigenvalue weighted by molar-refractivity contribution is -0.112. The van der Waals surface area contributed by atoms with E-state index in [-0.39, 0.29) is 5.57 Å². The lowest BCUT2D eigenvalue weighted by atomic mass is 10.2. The number of anilines is 1. The summed E-state index contributed by atoms with van der Waals surface area (Å²) in [7, 11) is 0. The Labute approximate surface area is 138 Å². The molecule has 1 aromatic heterocycles. The van der Waals surface area contributed by atoms with E-state index < -0.39 is 5.91 Å². The summed E-state index contributed by atoms with van der Waals surface area (Å²) in [6.07, 6.45) is 2.87. The van der Waals surface area contributed by atoms with Crippen LogP contribution in [0.1, 0.15) is 11.3 Å². The van der Waals surface area contributed by atoms with Crippen molar-refractivity contribution in [3.05, 3.63) is 56.4 Å². The van der Waals surface area contributed by atoms with Crippen molar-refractivity contribution in [3.63, 3.8) is 0 Å². The molecule has 1 aromatic carbocycles. The molecule has 21 heavy (non-hydrogen) atoms. The van der Waals surface area contributed by atoms with Gasteiger partial charge in [0, 0.05) is 15.0 Å². The van der Waals surface area contributed by atoms with Crippen LogP contribution in [0.25, 0.3) is 6.08 Å². The van der Waals surface area contributed by atoms with E-state index in [1.54, 1.807) is 12.1 Å². The molecule has 0 bridgehead atoms. The predicted molar refractivity (Wildman–Crippen MR) is 87.5 cm³/mol. The quantitative estimate of drug-likeness (QED) is 0.592. The van der Waals surface area contributed by atoms with Crippen molar-refractivity contribution in [3.8, 4) is 6.07 Å². The van der Waals surface area contributed by atoms with E-state index in [1.807, 2.05) is 25.1 Å². The second-order valence-corrected chi connectivity index (χ2v) is 5.95. The van der Waals surface area contributed by atoms with Gasteiger partial charge in [-0.25, -0.2) is 0 Å². The van der Waals surface area contributed by atoms with Crippen molar-refractivity contribution in [2.75, 3.05) is 5.32 Å². The first-order valence-corrected chi connectivity index (χ1v) is 7.52. The third-order valence-corrected chi connectivity index (χ3v) is 3.87. The van der Waals surface area contributed by atoms with Crippen LogP contribution >= 0.6 is 31.9 Å². The minimum absolute atomic E-state index is 0.0377. The van der Waals surface area contributed by atoms with Gasteiger partial charge >= 0.3 is 0 Å². The number of amides is 1. The summed E-state index contributed by atoms with van der Waals surface area (Å²) in [5, 5.41) is 11.8. The van der Waals surface area contributed by atoms with Crippen LogP contribution in [0.2, 0.25) is 0 Å². The van der Waals surface area contributed by atoms with Gasteiger partial charge in [0.05, 0.1) is 12.0 Å². The first-order valence-electron chi connectivity index (χ1n) is 5.93. The molecule has 106 valence electrons. The fourth-order valence-corrected chi connectivity index (χ4v) is 3.28. The van der Waals surface area contributed by atoms with Crippen LogP contribution in [-0.2, 0) is 4.79 Å². The Balaban J connectivity index is 2.27. The summed E-state index contributed by atoms with van der Waals surface area (Å²) >= 11 is 6.79. The zero-order chi connectivity index (χ0) is 15.4. The number of halogens is 2. The Hall–Kier alpha value is -1.84. The average Bonchev–Trinajstić information content (AvgIpc) is 2.92. The Bertz CT molecular complexity index is 721. The summed E-state index contributed by atoms with van der Waals surface area (Å²) in [6, 6.07) is 8.98. The fourth-order valence-electron chi connectivity index (χ4n) is 1.66. The molecule has 0 saturated carbocycles. The molecule has 1 amide bonds. The summed E-state index contributed by atoms with van der Waals surface area (Å²) in [5.74, 6) is -0.0529. The van der Waals surface area contributed by atoms with Crippen molar-refractivity contribution in [1.82, 2.24) is 0 Å². The Kier molecular flexibility index (Phi) is 4.99. The Morgan fingerprint density at radius 3 is 2.57 bits per heavy atom. The lowest BCUT2D eigenvalue weighted by Gasteiger charge is -2.10. The highest BCUT2D eigenvalue weighted by atomic mass is 79.9. The first kappa shape index (κ1) is 15.5. The molecule has 0 atom stereocenters. The molecule has 2 rings (SSSR count). The van der Waals surface area contributed by atoms with Crippen LogP contribution in [0.5, 0.6) is 0 Å². The van der Waals surface area contributed by atoms with Gasteiger partial charge in [-0.1, -0.05) is 0 Å². The van der Waals surface area contributed by atoms with Crippen molar-refractivity contribution < 1.29 is 9.21 Å². The molecule has 6 heteroatoms. The number of furan rings is 1. The van der Waals surface area contributed by atoms with Gasteiger partial charge in [-0.15, -0.1) is 0 Å². The maximum Gasteiger partial charge on any atom is 0.266 e. The predicted octanol–water partition coefficient (Wildman–Crippen LogP) is 4.66. The maximum atomic E-state index is 12.2. The van der Waals surface area contributed by atoms with Crippen LogP contribution in [0.3, 0.4) is 0 Å². The van der Waals surface area contributed by atoms with Gasteiger partial charge in [-0.2, -0.15) is 5.26 Å². The number of nitrogens with one attached hydrogen (secondary N) is 1. The van der Waals surface area contributed by atoms with E-state index in [2.05, 4.69) is 37.2 Å². The molecule has 0 spiro atoms. The van der Waals surface area contributed by atoms with Gasteiger partial charge in [-0.3, -0.25) is 4.79 Å². The standard InChI is InChI=1S/C15H10Br2N2O2/c1-9-5-12(16)14(13(17)6-9)19-15(20)10(8-18)7-11-3-2-4-21-11/h2-7H,1H3,(H,19,20)/b10-7+. The van der Waals surface area contributed by atoms with Gasteiger partial charge in [0.2, 0.25) is 0 Å². The highest BCUT2D eigenvalue weighted by Crippen LogP contribution is 2.32. The molecular formula is C15H10Br2N2O2. The summed E-state index contributed by atoms with van der Waals surface area (Å²) < 4.78 is 6.57. The largest absolute Gasteiger partial charge is 0.465 e. The molecule has 0 saturated heterocycles. The summed E-state index contributed by atoms with van der Waals surface area (Å²) in [5.41, 5.74) is 1.58. The second-order valence-electron chi connectivity index (χ2n) is 4.24. The summed E-state index contributed by atoms with van der Waals surface area (Å²) in [6.45, 7) is 1.94. The minimum atomic E-state index is -0.501. The number of carbonyl (C=O) groups excluding carboxylic acids is 1. The second kappa shape index (κ2) is 6.74. The van der Waals surface area contributed by atoms with Gasteiger partial charge in [0.1, 0.15) is 17.4 Å². The van der Waals surface area contributed by atoms with E-state index in [0.29, 0.717) is 11.4 Å². The summed E-state index contributed by atoms with van der Waals surface area (Å²) in [4.78, 5) is 12.2. The first-order chi connectivity index (χ1) is 10.0. The molecule has 0 aliphatic carbocycles. The Morgan fingerprint density at radius 2 is 2.05 bits per heavy atom. The molecule has 2 aromatic rings. The zero-order valence-corrected chi connectivity index (χ0v) is 14.2. The number of aryl methyl sites for hydroxylation is 1. The Morgan fingerprint density at radius 1 is 1.38 bits per heavy atom. The normalized spacial score (nSPS) is 11.0. The van der Waals surface area contributed by atoms with Gasteiger partial charge in [-0.05, 0) is 68.6 Å². The molecule has 0 unspecified atom stereocenters. The van der Waals surface area contributed by atoms with Crippen molar-refractivity contribution >= 4 is 49.5 Å². The van der Waals surface area contributed by atoms with Crippen LogP contribution in [0.4, 0.5) is 5.69 Å². The fraction of sp³-hybridized carbons (Fsp3) is 0.0667. The van der Waals surface area contributed by atoms with Gasteiger partial charge in [0.15, 0.2) is 0 Å². The molecule has 0 aliphatic heterocycles. The van der Waals surface area contributed by atoms with E-state index in [0.717, 1.165) is 14.5 Å². The van der Waals surface area contributed by atoms with Crippen molar-refractivity contribution in [2.24, 2.45) is 0 Å². The number of nitrogens with zero attached hydrogens (tertiary/aromatic N) is 1. The lowest BCUT2D eigenvalue weighted by Crippen LogP contribution is -2.14. The zero-order valence-electron chi connectivity index (χ0n) is 11.0. The smallest absolute Gasteiger partial charge is 0.266 e. The van der Waals surface area contributed by atoms with Crippen LogP contribution < -0.4 is 5.32 Å².